The summed E-state index contributed by atoms with van der Waals surface area (Å²) < 4.78 is 16.8. The maximum Gasteiger partial charge on any atom is 0.227 e. The summed E-state index contributed by atoms with van der Waals surface area (Å²) in [5, 5.41) is 10.3. The first-order valence-corrected chi connectivity index (χ1v) is 10.4. The van der Waals surface area contributed by atoms with Crippen LogP contribution < -0.4 is 15.1 Å². The second-order valence-electron chi connectivity index (χ2n) is 7.67. The van der Waals surface area contributed by atoms with Crippen LogP contribution in [0.4, 0.5) is 5.69 Å². The van der Waals surface area contributed by atoms with Crippen molar-refractivity contribution in [2.24, 2.45) is 0 Å². The Bertz CT molecular complexity index is 902. The average molecular weight is 415 g/mol. The van der Waals surface area contributed by atoms with E-state index in [0.717, 1.165) is 50.7 Å². The van der Waals surface area contributed by atoms with Crippen molar-refractivity contribution >= 4 is 5.69 Å². The molecule has 30 heavy (non-hydrogen) atoms. The van der Waals surface area contributed by atoms with Gasteiger partial charge in [-0.25, -0.2) is 0 Å². The number of piperazine rings is 1. The highest BCUT2D eigenvalue weighted by Crippen LogP contribution is 2.28. The van der Waals surface area contributed by atoms with Crippen molar-refractivity contribution in [3.63, 3.8) is 0 Å². The van der Waals surface area contributed by atoms with Crippen LogP contribution in [-0.4, -0.2) is 74.5 Å². The van der Waals surface area contributed by atoms with Crippen molar-refractivity contribution in [1.29, 1.82) is 0 Å². The Kier molecular flexibility index (Phi) is 6.56. The molecule has 3 heterocycles. The van der Waals surface area contributed by atoms with Gasteiger partial charge < -0.3 is 23.9 Å². The molecule has 2 saturated heterocycles. The molecule has 1 aromatic heterocycles. The number of nitrogens with zero attached hydrogens (tertiary/aromatic N) is 3. The quantitative estimate of drug-likeness (QED) is 0.761. The molecule has 8 heteroatoms. The summed E-state index contributed by atoms with van der Waals surface area (Å²) in [7, 11) is 1.68. The summed E-state index contributed by atoms with van der Waals surface area (Å²) in [6.45, 7) is 7.22. The topological polar surface area (TPSA) is 78.6 Å². The highest BCUT2D eigenvalue weighted by atomic mass is 16.5. The summed E-state index contributed by atoms with van der Waals surface area (Å²) in [5.74, 6) is 1.51. The van der Waals surface area contributed by atoms with E-state index in [1.807, 2.05) is 18.2 Å². The lowest BCUT2D eigenvalue weighted by Crippen LogP contribution is -2.46. The van der Waals surface area contributed by atoms with Gasteiger partial charge >= 0.3 is 0 Å². The monoisotopic (exact) mass is 415 g/mol. The lowest BCUT2D eigenvalue weighted by molar-refractivity contribution is 0.0306. The molecule has 0 bridgehead atoms. The van der Waals surface area contributed by atoms with Crippen molar-refractivity contribution in [2.45, 2.75) is 13.1 Å². The average Bonchev–Trinajstić information content (AvgIpc) is 2.78. The van der Waals surface area contributed by atoms with E-state index in [9.17, 15) is 9.90 Å². The molecule has 8 nitrogen and oxygen atoms in total. The van der Waals surface area contributed by atoms with Crippen LogP contribution in [0, 0.1) is 0 Å². The van der Waals surface area contributed by atoms with Gasteiger partial charge in [-0.3, -0.25) is 14.6 Å². The summed E-state index contributed by atoms with van der Waals surface area (Å²) >= 11 is 0. The largest absolute Gasteiger partial charge is 0.502 e. The summed E-state index contributed by atoms with van der Waals surface area (Å²) in [6.07, 6.45) is 0. The molecule has 0 radical (unpaired) electrons. The second-order valence-corrected chi connectivity index (χ2v) is 7.67. The van der Waals surface area contributed by atoms with Gasteiger partial charge in [-0.05, 0) is 12.1 Å². The number of hydrogen-bond donors (Lipinski definition) is 1. The first kappa shape index (κ1) is 20.7. The van der Waals surface area contributed by atoms with Gasteiger partial charge in [0.2, 0.25) is 11.2 Å². The molecule has 0 atom stereocenters. The Balaban J connectivity index is 1.40. The predicted molar refractivity (Wildman–Crippen MR) is 113 cm³/mol. The highest BCUT2D eigenvalue weighted by molar-refractivity contribution is 5.58. The number of rotatable bonds is 6. The lowest BCUT2D eigenvalue weighted by atomic mass is 10.2. The van der Waals surface area contributed by atoms with Crippen LogP contribution in [0.3, 0.4) is 0 Å². The van der Waals surface area contributed by atoms with E-state index in [1.165, 1.54) is 6.07 Å². The van der Waals surface area contributed by atoms with E-state index >= 15 is 0 Å². The number of para-hydroxylation sites is 2. The van der Waals surface area contributed by atoms with Gasteiger partial charge in [0.15, 0.2) is 5.76 Å². The number of anilines is 1. The van der Waals surface area contributed by atoms with Crippen LogP contribution in [0.1, 0.15) is 11.5 Å². The molecule has 0 unspecified atom stereocenters. The summed E-state index contributed by atoms with van der Waals surface area (Å²) in [6, 6.07) is 9.40. The molecule has 2 aliphatic rings. The van der Waals surface area contributed by atoms with Crippen molar-refractivity contribution in [3.8, 4) is 11.5 Å². The van der Waals surface area contributed by atoms with Crippen LogP contribution in [0.5, 0.6) is 11.5 Å². The summed E-state index contributed by atoms with van der Waals surface area (Å²) in [4.78, 5) is 18.9. The zero-order chi connectivity index (χ0) is 20.9. The van der Waals surface area contributed by atoms with Crippen LogP contribution in [0.25, 0.3) is 0 Å². The molecule has 0 amide bonds. The minimum atomic E-state index is -0.382. The summed E-state index contributed by atoms with van der Waals surface area (Å²) in [5.41, 5.74) is 0.703. The molecule has 2 fully saturated rings. The second kappa shape index (κ2) is 9.51. The smallest absolute Gasteiger partial charge is 0.227 e. The first-order chi connectivity index (χ1) is 14.6. The number of methoxy groups -OCH3 is 1. The Morgan fingerprint density at radius 3 is 2.43 bits per heavy atom. The standard InChI is InChI=1S/C22H29N3O5/c1-28-20-5-3-2-4-18(20)25-8-6-23(7-9-25)16-21-22(27)19(26)14-17(30-21)15-24-10-12-29-13-11-24/h2-5,14,27H,6-13,15-16H2,1H3. The van der Waals surface area contributed by atoms with Crippen molar-refractivity contribution in [3.05, 3.63) is 52.1 Å². The number of benzene rings is 1. The molecule has 2 aliphatic heterocycles. The third-order valence-electron chi connectivity index (χ3n) is 5.69. The van der Waals surface area contributed by atoms with Gasteiger partial charge in [-0.15, -0.1) is 0 Å². The maximum absolute atomic E-state index is 12.3. The minimum absolute atomic E-state index is 0.284. The molecule has 4 rings (SSSR count). The minimum Gasteiger partial charge on any atom is -0.502 e. The number of ether oxygens (including phenoxy) is 2. The van der Waals surface area contributed by atoms with E-state index in [1.54, 1.807) is 7.11 Å². The van der Waals surface area contributed by atoms with Gasteiger partial charge in [0, 0.05) is 45.3 Å². The fourth-order valence-electron chi connectivity index (χ4n) is 3.99. The number of hydrogen-bond acceptors (Lipinski definition) is 8. The van der Waals surface area contributed by atoms with Crippen molar-refractivity contribution in [1.82, 2.24) is 9.80 Å². The zero-order valence-electron chi connectivity index (χ0n) is 17.4. The van der Waals surface area contributed by atoms with Gasteiger partial charge in [0.1, 0.15) is 11.5 Å². The van der Waals surface area contributed by atoms with Crippen LogP contribution in [0.2, 0.25) is 0 Å². The third kappa shape index (κ3) is 4.77. The van der Waals surface area contributed by atoms with Crippen molar-refractivity contribution in [2.75, 3.05) is 64.5 Å². The number of morpholine rings is 1. The Morgan fingerprint density at radius 2 is 1.70 bits per heavy atom. The molecule has 1 aromatic carbocycles. The number of aromatic hydroxyl groups is 1. The van der Waals surface area contributed by atoms with E-state index in [4.69, 9.17) is 13.9 Å². The fourth-order valence-corrected chi connectivity index (χ4v) is 3.99. The lowest BCUT2D eigenvalue weighted by Gasteiger charge is -2.36. The van der Waals surface area contributed by atoms with E-state index < -0.39 is 0 Å². The molecule has 162 valence electrons. The van der Waals surface area contributed by atoms with Gasteiger partial charge in [-0.1, -0.05) is 12.1 Å². The van der Waals surface area contributed by atoms with Crippen LogP contribution in [0.15, 0.2) is 39.5 Å². The first-order valence-electron chi connectivity index (χ1n) is 10.4. The van der Waals surface area contributed by atoms with E-state index in [0.29, 0.717) is 37.8 Å². The Hall–Kier alpha value is -2.55. The van der Waals surface area contributed by atoms with Gasteiger partial charge in [-0.2, -0.15) is 0 Å². The highest BCUT2D eigenvalue weighted by Gasteiger charge is 2.22. The molecule has 0 aliphatic carbocycles. The predicted octanol–water partition coefficient (Wildman–Crippen LogP) is 1.51. The molecular formula is C22H29N3O5. The Labute approximate surface area is 176 Å². The van der Waals surface area contributed by atoms with Crippen LogP contribution >= 0.6 is 0 Å². The molecule has 0 spiro atoms. The van der Waals surface area contributed by atoms with Gasteiger partial charge in [0.05, 0.1) is 39.1 Å². The van der Waals surface area contributed by atoms with E-state index in [-0.39, 0.29) is 11.2 Å². The molecule has 1 N–H and O–H groups in total. The van der Waals surface area contributed by atoms with Crippen molar-refractivity contribution < 1.29 is 19.0 Å². The third-order valence-corrected chi connectivity index (χ3v) is 5.69. The van der Waals surface area contributed by atoms with E-state index in [2.05, 4.69) is 20.8 Å². The van der Waals surface area contributed by atoms with Crippen LogP contribution in [-0.2, 0) is 17.8 Å². The molecule has 2 aromatic rings. The zero-order valence-corrected chi connectivity index (χ0v) is 17.4. The molecular weight excluding hydrogens is 386 g/mol. The maximum atomic E-state index is 12.3. The fraction of sp³-hybridized carbons (Fsp3) is 0.500. The van der Waals surface area contributed by atoms with Gasteiger partial charge in [0.25, 0.3) is 0 Å². The SMILES string of the molecule is COc1ccccc1N1CCN(Cc2oc(CN3CCOCC3)cc(=O)c2O)CC1. The Morgan fingerprint density at radius 1 is 1.00 bits per heavy atom. The molecule has 0 saturated carbocycles. The normalized spacial score (nSPS) is 18.5.